The summed E-state index contributed by atoms with van der Waals surface area (Å²) in [6.07, 6.45) is 3.98. The molecular weight excluding hydrogens is 468 g/mol. The molecule has 0 saturated heterocycles. The Morgan fingerprint density at radius 3 is 2.86 bits per heavy atom. The Labute approximate surface area is 169 Å². The molecular formula is C16H16IN2O2Y-. The molecule has 0 fully saturated rings. The van der Waals surface area contributed by atoms with Crippen LogP contribution in [0.1, 0.15) is 24.5 Å². The van der Waals surface area contributed by atoms with E-state index in [0.717, 1.165) is 16.8 Å². The number of ether oxygens (including phenoxy) is 1. The Balaban J connectivity index is 0.00000242. The number of allylic oxidation sites excluding steroid dienone is 1. The molecule has 6 heteroatoms. The van der Waals surface area contributed by atoms with E-state index < -0.39 is 0 Å². The van der Waals surface area contributed by atoms with E-state index in [1.807, 2.05) is 38.1 Å². The Morgan fingerprint density at radius 2 is 2.27 bits per heavy atom. The SMILES string of the molecule is CCN1C(=O)C(I)C[C-]=C1c1ccc(OCC#N)cc1C.[Y]. The van der Waals surface area contributed by atoms with Gasteiger partial charge in [0.2, 0.25) is 5.91 Å². The summed E-state index contributed by atoms with van der Waals surface area (Å²) in [5, 5.41) is 8.54. The van der Waals surface area contributed by atoms with E-state index in [9.17, 15) is 4.79 Å². The van der Waals surface area contributed by atoms with Crippen LogP contribution in [0.4, 0.5) is 0 Å². The van der Waals surface area contributed by atoms with Crippen LogP contribution in [0.5, 0.6) is 5.75 Å². The van der Waals surface area contributed by atoms with Crippen LogP contribution in [0, 0.1) is 24.3 Å². The predicted octanol–water partition coefficient (Wildman–Crippen LogP) is 3.09. The van der Waals surface area contributed by atoms with Crippen molar-refractivity contribution in [3.05, 3.63) is 35.4 Å². The van der Waals surface area contributed by atoms with Crippen molar-refractivity contribution in [3.63, 3.8) is 0 Å². The van der Waals surface area contributed by atoms with Gasteiger partial charge in [-0.15, -0.1) is 22.9 Å². The summed E-state index contributed by atoms with van der Waals surface area (Å²) in [4.78, 5) is 14.0. The maximum Gasteiger partial charge on any atom is 0.235 e. The minimum Gasteiger partial charge on any atom is -0.479 e. The zero-order valence-electron chi connectivity index (χ0n) is 12.6. The first-order valence-electron chi connectivity index (χ1n) is 6.75. The summed E-state index contributed by atoms with van der Waals surface area (Å²) in [5.74, 6) is 0.798. The Kier molecular flexibility index (Phi) is 8.02. The summed E-state index contributed by atoms with van der Waals surface area (Å²) < 4.78 is 5.26. The monoisotopic (exact) mass is 484 g/mol. The largest absolute Gasteiger partial charge is 0.479 e. The van der Waals surface area contributed by atoms with Gasteiger partial charge in [0.15, 0.2) is 6.61 Å². The van der Waals surface area contributed by atoms with Crippen molar-refractivity contribution in [2.75, 3.05) is 13.2 Å². The number of halogens is 1. The first-order chi connectivity index (χ1) is 10.1. The Hall–Kier alpha value is -0.446. The molecule has 0 aromatic heterocycles. The summed E-state index contributed by atoms with van der Waals surface area (Å²) >= 11 is 2.16. The number of rotatable bonds is 4. The van der Waals surface area contributed by atoms with Crippen molar-refractivity contribution in [2.24, 2.45) is 0 Å². The van der Waals surface area contributed by atoms with Crippen LogP contribution in [0.2, 0.25) is 0 Å². The molecule has 0 spiro atoms. The van der Waals surface area contributed by atoms with Crippen molar-refractivity contribution in [1.29, 1.82) is 5.26 Å². The van der Waals surface area contributed by atoms with Gasteiger partial charge in [-0.1, -0.05) is 35.9 Å². The number of carbonyl (C=O) groups is 1. The third-order valence-electron chi connectivity index (χ3n) is 3.33. The molecule has 1 heterocycles. The molecule has 0 aliphatic carbocycles. The number of carbonyl (C=O) groups excluding carboxylic acids is 1. The summed E-state index contributed by atoms with van der Waals surface area (Å²) in [5.41, 5.74) is 2.84. The Bertz CT molecular complexity index is 625. The average molecular weight is 484 g/mol. The van der Waals surface area contributed by atoms with Gasteiger partial charge in [-0.05, 0) is 19.1 Å². The number of aryl methyl sites for hydroxylation is 1. The van der Waals surface area contributed by atoms with E-state index in [0.29, 0.717) is 18.7 Å². The van der Waals surface area contributed by atoms with Crippen molar-refractivity contribution >= 4 is 34.2 Å². The van der Waals surface area contributed by atoms with Crippen molar-refractivity contribution < 1.29 is 42.2 Å². The normalized spacial score (nSPS) is 17.4. The van der Waals surface area contributed by atoms with E-state index in [1.54, 1.807) is 4.90 Å². The number of hydrogen-bond donors (Lipinski definition) is 0. The molecule has 0 bridgehead atoms. The first kappa shape index (κ1) is 19.6. The van der Waals surface area contributed by atoms with Crippen LogP contribution in [0.15, 0.2) is 18.2 Å². The molecule has 1 atom stereocenters. The summed E-state index contributed by atoms with van der Waals surface area (Å²) in [6, 6.07) is 7.58. The minimum atomic E-state index is -0.0372. The molecule has 1 aliphatic rings. The number of hydrogen-bond acceptors (Lipinski definition) is 3. The maximum atomic E-state index is 12.3. The molecule has 1 unspecified atom stereocenters. The second-order valence-corrected chi connectivity index (χ2v) is 6.21. The van der Waals surface area contributed by atoms with Crippen molar-refractivity contribution in [1.82, 2.24) is 4.90 Å². The Morgan fingerprint density at radius 1 is 1.55 bits per heavy atom. The van der Waals surface area contributed by atoms with Crippen LogP contribution in [0.25, 0.3) is 5.70 Å². The molecule has 113 valence electrons. The van der Waals surface area contributed by atoms with E-state index in [-0.39, 0.29) is 49.1 Å². The molecule has 1 radical (unpaired) electrons. The van der Waals surface area contributed by atoms with Crippen LogP contribution < -0.4 is 4.74 Å². The van der Waals surface area contributed by atoms with Gasteiger partial charge < -0.3 is 9.64 Å². The molecule has 1 aromatic rings. The van der Waals surface area contributed by atoms with Crippen LogP contribution in [-0.2, 0) is 37.5 Å². The zero-order chi connectivity index (χ0) is 15.4. The number of nitrogens with zero attached hydrogens (tertiary/aromatic N) is 2. The summed E-state index contributed by atoms with van der Waals surface area (Å²) in [7, 11) is 0. The number of nitriles is 1. The predicted molar refractivity (Wildman–Crippen MR) is 88.7 cm³/mol. The van der Waals surface area contributed by atoms with Crippen LogP contribution in [-0.4, -0.2) is 27.9 Å². The van der Waals surface area contributed by atoms with E-state index in [1.165, 1.54) is 0 Å². The average Bonchev–Trinajstić information content (AvgIpc) is 2.48. The van der Waals surface area contributed by atoms with Gasteiger partial charge in [-0.3, -0.25) is 4.79 Å². The molecule has 22 heavy (non-hydrogen) atoms. The smallest absolute Gasteiger partial charge is 0.235 e. The van der Waals surface area contributed by atoms with Gasteiger partial charge in [0.25, 0.3) is 0 Å². The number of alkyl halides is 1. The van der Waals surface area contributed by atoms with Crippen molar-refractivity contribution in [2.45, 2.75) is 24.2 Å². The van der Waals surface area contributed by atoms with Gasteiger partial charge in [-0.2, -0.15) is 5.26 Å². The van der Waals surface area contributed by atoms with E-state index in [4.69, 9.17) is 10.00 Å². The second kappa shape index (κ2) is 9.00. The standard InChI is InChI=1S/C16H16IN2O2.Y/c1-3-19-15(7-6-14(17)16(19)20)13-5-4-12(10-11(13)2)21-9-8-18;/h4-5,10,14H,3,6,9H2,1-2H3;/q-1;. The molecule has 1 amide bonds. The number of benzene rings is 1. The quantitative estimate of drug-likeness (QED) is 0.375. The van der Waals surface area contributed by atoms with Gasteiger partial charge >= 0.3 is 0 Å². The molecule has 0 saturated carbocycles. The van der Waals surface area contributed by atoms with Crippen LogP contribution >= 0.6 is 22.6 Å². The van der Waals surface area contributed by atoms with Crippen molar-refractivity contribution in [3.8, 4) is 11.8 Å². The minimum absolute atomic E-state index is 0. The van der Waals surface area contributed by atoms with Gasteiger partial charge in [0.1, 0.15) is 11.8 Å². The van der Waals surface area contributed by atoms with Gasteiger partial charge in [0.05, 0.1) is 3.92 Å². The first-order valence-corrected chi connectivity index (χ1v) is 8.00. The fourth-order valence-corrected chi connectivity index (χ4v) is 2.87. The molecule has 1 aromatic carbocycles. The summed E-state index contributed by atoms with van der Waals surface area (Å²) in [6.45, 7) is 4.60. The van der Waals surface area contributed by atoms with Gasteiger partial charge in [-0.25, -0.2) is 6.08 Å². The van der Waals surface area contributed by atoms with E-state index in [2.05, 4.69) is 28.7 Å². The maximum absolute atomic E-state index is 12.3. The topological polar surface area (TPSA) is 53.3 Å². The molecule has 1 aliphatic heterocycles. The molecule has 4 nitrogen and oxygen atoms in total. The van der Waals surface area contributed by atoms with Crippen LogP contribution in [0.3, 0.4) is 0 Å². The van der Waals surface area contributed by atoms with Gasteiger partial charge in [0, 0.05) is 39.3 Å². The fourth-order valence-electron chi connectivity index (χ4n) is 2.31. The molecule has 0 N–H and O–H groups in total. The molecule has 2 rings (SSSR count). The second-order valence-electron chi connectivity index (χ2n) is 4.70. The number of amides is 1. The zero-order valence-corrected chi connectivity index (χ0v) is 17.6. The third-order valence-corrected chi connectivity index (χ3v) is 4.30. The van der Waals surface area contributed by atoms with E-state index >= 15 is 0 Å². The fraction of sp³-hybridized carbons (Fsp3) is 0.375. The third kappa shape index (κ3) is 4.30.